The summed E-state index contributed by atoms with van der Waals surface area (Å²) in [4.78, 5) is 13.0. The molecule has 3 nitrogen and oxygen atoms in total. The number of benzene rings is 1. The van der Waals surface area contributed by atoms with Gasteiger partial charge in [-0.15, -0.1) is 0 Å². The maximum atomic E-state index is 12.4. The lowest BCUT2D eigenvalue weighted by Crippen LogP contribution is -2.30. The number of amides is 1. The molecule has 1 aliphatic heterocycles. The fourth-order valence-corrected chi connectivity index (χ4v) is 1.97. The molecule has 18 heavy (non-hydrogen) atoms. The largest absolute Gasteiger partial charge is 0.445 e. The van der Waals surface area contributed by atoms with Crippen molar-refractivity contribution in [2.24, 2.45) is 5.92 Å². The standard InChI is InChI=1S/C13H15F2NO2/c14-12(15)11-6-7-16(8-11)13(17)18-9-10-4-2-1-3-5-10/h1-5,11-12H,6-9H2. The first kappa shape index (κ1) is 12.8. The minimum atomic E-state index is -2.36. The van der Waals surface area contributed by atoms with Crippen molar-refractivity contribution >= 4 is 6.09 Å². The number of nitrogens with zero attached hydrogens (tertiary/aromatic N) is 1. The van der Waals surface area contributed by atoms with Gasteiger partial charge in [0.2, 0.25) is 6.43 Å². The van der Waals surface area contributed by atoms with Gasteiger partial charge in [-0.3, -0.25) is 0 Å². The van der Waals surface area contributed by atoms with Crippen LogP contribution in [-0.2, 0) is 11.3 Å². The average Bonchev–Trinajstić information content (AvgIpc) is 2.87. The zero-order valence-corrected chi connectivity index (χ0v) is 9.89. The third kappa shape index (κ3) is 3.18. The molecule has 1 amide bonds. The van der Waals surface area contributed by atoms with E-state index in [0.29, 0.717) is 13.0 Å². The van der Waals surface area contributed by atoms with Gasteiger partial charge in [0.1, 0.15) is 6.61 Å². The summed E-state index contributed by atoms with van der Waals surface area (Å²) in [6.07, 6.45) is -2.53. The highest BCUT2D eigenvalue weighted by atomic mass is 19.3. The number of rotatable bonds is 3. The fourth-order valence-electron chi connectivity index (χ4n) is 1.97. The molecule has 0 radical (unpaired) electrons. The quantitative estimate of drug-likeness (QED) is 0.831. The van der Waals surface area contributed by atoms with E-state index in [9.17, 15) is 13.6 Å². The van der Waals surface area contributed by atoms with Gasteiger partial charge in [0.25, 0.3) is 0 Å². The van der Waals surface area contributed by atoms with Gasteiger partial charge < -0.3 is 9.64 Å². The molecular weight excluding hydrogens is 240 g/mol. The van der Waals surface area contributed by atoms with Crippen LogP contribution >= 0.6 is 0 Å². The molecule has 1 aromatic rings. The number of hydrogen-bond acceptors (Lipinski definition) is 2. The molecule has 0 bridgehead atoms. The molecule has 2 rings (SSSR count). The maximum Gasteiger partial charge on any atom is 0.410 e. The molecule has 0 saturated carbocycles. The van der Waals surface area contributed by atoms with Crippen molar-refractivity contribution in [2.45, 2.75) is 19.5 Å². The number of ether oxygens (including phenoxy) is 1. The van der Waals surface area contributed by atoms with Gasteiger partial charge in [-0.2, -0.15) is 0 Å². The van der Waals surface area contributed by atoms with Crippen LogP contribution in [0.3, 0.4) is 0 Å². The molecule has 1 saturated heterocycles. The van der Waals surface area contributed by atoms with Crippen molar-refractivity contribution < 1.29 is 18.3 Å². The second kappa shape index (κ2) is 5.80. The van der Waals surface area contributed by atoms with Crippen molar-refractivity contribution in [3.8, 4) is 0 Å². The molecule has 1 aromatic carbocycles. The topological polar surface area (TPSA) is 29.5 Å². The molecule has 0 N–H and O–H groups in total. The van der Waals surface area contributed by atoms with Crippen LogP contribution in [0, 0.1) is 5.92 Å². The summed E-state index contributed by atoms with van der Waals surface area (Å²) < 4.78 is 30.0. The first-order valence-corrected chi connectivity index (χ1v) is 5.90. The van der Waals surface area contributed by atoms with Crippen molar-refractivity contribution in [2.75, 3.05) is 13.1 Å². The van der Waals surface area contributed by atoms with Crippen LogP contribution in [0.15, 0.2) is 30.3 Å². The van der Waals surface area contributed by atoms with E-state index >= 15 is 0 Å². The summed E-state index contributed by atoms with van der Waals surface area (Å²) in [7, 11) is 0. The molecule has 0 aromatic heterocycles. The zero-order chi connectivity index (χ0) is 13.0. The Kier molecular flexibility index (Phi) is 4.12. The molecule has 0 spiro atoms. The van der Waals surface area contributed by atoms with Crippen LogP contribution < -0.4 is 0 Å². The molecule has 1 atom stereocenters. The lowest BCUT2D eigenvalue weighted by molar-refractivity contribution is 0.0733. The summed E-state index contributed by atoms with van der Waals surface area (Å²) >= 11 is 0. The van der Waals surface area contributed by atoms with E-state index in [1.54, 1.807) is 0 Å². The van der Waals surface area contributed by atoms with E-state index in [0.717, 1.165) is 5.56 Å². The smallest absolute Gasteiger partial charge is 0.410 e. The Bertz CT molecular complexity index is 397. The van der Waals surface area contributed by atoms with E-state index < -0.39 is 18.4 Å². The van der Waals surface area contributed by atoms with Crippen molar-refractivity contribution in [3.63, 3.8) is 0 Å². The Morgan fingerprint density at radius 3 is 2.72 bits per heavy atom. The first-order chi connectivity index (χ1) is 8.66. The van der Waals surface area contributed by atoms with E-state index in [1.807, 2.05) is 30.3 Å². The highest BCUT2D eigenvalue weighted by Gasteiger charge is 2.32. The van der Waals surface area contributed by atoms with E-state index in [2.05, 4.69) is 0 Å². The van der Waals surface area contributed by atoms with Crippen LogP contribution in [0.2, 0.25) is 0 Å². The lowest BCUT2D eigenvalue weighted by atomic mass is 10.1. The Morgan fingerprint density at radius 2 is 2.11 bits per heavy atom. The molecule has 1 heterocycles. The summed E-state index contributed by atoms with van der Waals surface area (Å²) in [5, 5.41) is 0. The molecule has 98 valence electrons. The van der Waals surface area contributed by atoms with E-state index in [-0.39, 0.29) is 13.2 Å². The molecule has 5 heteroatoms. The Hall–Kier alpha value is -1.65. The van der Waals surface area contributed by atoms with Gasteiger partial charge in [0.05, 0.1) is 0 Å². The first-order valence-electron chi connectivity index (χ1n) is 5.90. The fraction of sp³-hybridized carbons (Fsp3) is 0.462. The van der Waals surface area contributed by atoms with Crippen molar-refractivity contribution in [3.05, 3.63) is 35.9 Å². The zero-order valence-electron chi connectivity index (χ0n) is 9.89. The number of alkyl halides is 2. The minimum Gasteiger partial charge on any atom is -0.445 e. The van der Waals surface area contributed by atoms with E-state index in [4.69, 9.17) is 4.74 Å². The minimum absolute atomic E-state index is 0.0886. The van der Waals surface area contributed by atoms with E-state index in [1.165, 1.54) is 4.90 Å². The molecule has 1 fully saturated rings. The molecular formula is C13H15F2NO2. The Morgan fingerprint density at radius 1 is 1.39 bits per heavy atom. The number of hydrogen-bond donors (Lipinski definition) is 0. The lowest BCUT2D eigenvalue weighted by Gasteiger charge is -2.16. The number of likely N-dealkylation sites (tertiary alicyclic amines) is 1. The highest BCUT2D eigenvalue weighted by Crippen LogP contribution is 2.23. The Labute approximate surface area is 104 Å². The van der Waals surface area contributed by atoms with Crippen LogP contribution in [-0.4, -0.2) is 30.5 Å². The Balaban J connectivity index is 1.79. The highest BCUT2D eigenvalue weighted by molar-refractivity contribution is 5.68. The van der Waals surface area contributed by atoms with Gasteiger partial charge in [0, 0.05) is 19.0 Å². The van der Waals surface area contributed by atoms with Gasteiger partial charge >= 0.3 is 6.09 Å². The third-order valence-electron chi connectivity index (χ3n) is 3.04. The van der Waals surface area contributed by atoms with Gasteiger partial charge in [0.15, 0.2) is 0 Å². The van der Waals surface area contributed by atoms with Crippen LogP contribution in [0.4, 0.5) is 13.6 Å². The van der Waals surface area contributed by atoms with Gasteiger partial charge in [-0.25, -0.2) is 13.6 Å². The SMILES string of the molecule is O=C(OCc1ccccc1)N1CCC(C(F)F)C1. The van der Waals surface area contributed by atoms with Crippen LogP contribution in [0.5, 0.6) is 0 Å². The van der Waals surface area contributed by atoms with Crippen LogP contribution in [0.25, 0.3) is 0 Å². The molecule has 1 unspecified atom stereocenters. The average molecular weight is 255 g/mol. The monoisotopic (exact) mass is 255 g/mol. The second-order valence-electron chi connectivity index (χ2n) is 4.37. The number of carbonyl (C=O) groups is 1. The number of carbonyl (C=O) groups excluding carboxylic acids is 1. The normalized spacial score (nSPS) is 19.3. The van der Waals surface area contributed by atoms with Gasteiger partial charge in [-0.1, -0.05) is 30.3 Å². The summed E-state index contributed by atoms with van der Waals surface area (Å²) in [5.74, 6) is -0.714. The van der Waals surface area contributed by atoms with Crippen molar-refractivity contribution in [1.29, 1.82) is 0 Å². The molecule has 1 aliphatic rings. The summed E-state index contributed by atoms with van der Waals surface area (Å²) in [5.41, 5.74) is 0.885. The predicted octanol–water partition coefficient (Wildman–Crippen LogP) is 2.91. The second-order valence-corrected chi connectivity index (χ2v) is 4.37. The third-order valence-corrected chi connectivity index (χ3v) is 3.04. The van der Waals surface area contributed by atoms with Crippen LogP contribution in [0.1, 0.15) is 12.0 Å². The predicted molar refractivity (Wildman–Crippen MR) is 62.3 cm³/mol. The van der Waals surface area contributed by atoms with Gasteiger partial charge in [-0.05, 0) is 12.0 Å². The number of halogens is 2. The molecule has 0 aliphatic carbocycles. The summed E-state index contributed by atoms with van der Waals surface area (Å²) in [6, 6.07) is 9.27. The maximum absolute atomic E-state index is 12.4. The summed E-state index contributed by atoms with van der Waals surface area (Å²) in [6.45, 7) is 0.615. The van der Waals surface area contributed by atoms with Crippen molar-refractivity contribution in [1.82, 2.24) is 4.90 Å².